The highest BCUT2D eigenvalue weighted by Crippen LogP contribution is 2.27. The number of aryl methyl sites for hydroxylation is 1. The average Bonchev–Trinajstić information content (AvgIpc) is 2.90. The van der Waals surface area contributed by atoms with Crippen LogP contribution in [-0.2, 0) is 6.61 Å². The molecule has 0 radical (unpaired) electrons. The minimum absolute atomic E-state index is 0.308. The van der Waals surface area contributed by atoms with Crippen LogP contribution in [0.15, 0.2) is 35.0 Å². The molecule has 3 heteroatoms. The fourth-order valence-electron chi connectivity index (χ4n) is 2.09. The Balaban J connectivity index is 2.14. The van der Waals surface area contributed by atoms with Crippen molar-refractivity contribution in [2.24, 2.45) is 0 Å². The average molecular weight is 275 g/mol. The lowest BCUT2D eigenvalue weighted by Gasteiger charge is -2.18. The first kappa shape index (κ1) is 14.1. The minimum atomic E-state index is 0.308. The third kappa shape index (κ3) is 3.82. The van der Waals surface area contributed by atoms with Gasteiger partial charge in [-0.25, -0.2) is 0 Å². The van der Waals surface area contributed by atoms with Gasteiger partial charge in [-0.2, -0.15) is 11.3 Å². The number of hydrogen-bond donors (Lipinski definition) is 1. The lowest BCUT2D eigenvalue weighted by atomic mass is 10.0. The van der Waals surface area contributed by atoms with Gasteiger partial charge in [-0.15, -0.1) is 0 Å². The van der Waals surface area contributed by atoms with Gasteiger partial charge in [-0.3, -0.25) is 0 Å². The summed E-state index contributed by atoms with van der Waals surface area (Å²) in [4.78, 5) is 0. The Morgan fingerprint density at radius 2 is 2.16 bits per heavy atom. The van der Waals surface area contributed by atoms with Gasteiger partial charge >= 0.3 is 0 Å². The summed E-state index contributed by atoms with van der Waals surface area (Å²) in [6.45, 7) is 8.01. The smallest absolute Gasteiger partial charge is 0.124 e. The van der Waals surface area contributed by atoms with Crippen molar-refractivity contribution in [2.45, 2.75) is 33.4 Å². The molecule has 2 nitrogen and oxygen atoms in total. The summed E-state index contributed by atoms with van der Waals surface area (Å²) in [5.41, 5.74) is 3.73. The molecule has 0 bridgehead atoms. The molecule has 1 aromatic carbocycles. The second-order valence-corrected chi connectivity index (χ2v) is 5.52. The van der Waals surface area contributed by atoms with Crippen LogP contribution in [-0.4, -0.2) is 6.54 Å². The van der Waals surface area contributed by atoms with Gasteiger partial charge in [0.25, 0.3) is 0 Å². The molecule has 1 aromatic heterocycles. The predicted octanol–water partition coefficient (Wildman–Crippen LogP) is 4.31. The lowest BCUT2D eigenvalue weighted by molar-refractivity contribution is 0.300. The zero-order valence-electron chi connectivity index (χ0n) is 11.8. The first-order chi connectivity index (χ1) is 9.20. The molecule has 1 heterocycles. The molecular weight excluding hydrogens is 254 g/mol. The molecule has 0 amide bonds. The van der Waals surface area contributed by atoms with Gasteiger partial charge in [0.05, 0.1) is 0 Å². The standard InChI is InChI=1S/C16H21NOS/c1-4-17-13(3)15-9-12(2)5-6-16(15)18-10-14-7-8-19-11-14/h5-9,11,13,17H,4,10H2,1-3H3. The van der Waals surface area contributed by atoms with Crippen LogP contribution in [0.25, 0.3) is 0 Å². The van der Waals surface area contributed by atoms with Crippen molar-refractivity contribution in [1.29, 1.82) is 0 Å². The first-order valence-corrected chi connectivity index (χ1v) is 7.62. The van der Waals surface area contributed by atoms with E-state index in [1.54, 1.807) is 11.3 Å². The van der Waals surface area contributed by atoms with Crippen LogP contribution in [0.3, 0.4) is 0 Å². The number of ether oxygens (including phenoxy) is 1. The summed E-state index contributed by atoms with van der Waals surface area (Å²) in [6.07, 6.45) is 0. The number of rotatable bonds is 6. The SMILES string of the molecule is CCNC(C)c1cc(C)ccc1OCc1ccsc1. The van der Waals surface area contributed by atoms with Gasteiger partial charge < -0.3 is 10.1 Å². The zero-order valence-corrected chi connectivity index (χ0v) is 12.6. The molecule has 2 rings (SSSR count). The van der Waals surface area contributed by atoms with Gasteiger partial charge in [0.15, 0.2) is 0 Å². The zero-order chi connectivity index (χ0) is 13.7. The van der Waals surface area contributed by atoms with Crippen LogP contribution >= 0.6 is 11.3 Å². The van der Waals surface area contributed by atoms with E-state index in [9.17, 15) is 0 Å². The van der Waals surface area contributed by atoms with Crippen molar-refractivity contribution < 1.29 is 4.74 Å². The van der Waals surface area contributed by atoms with E-state index < -0.39 is 0 Å². The first-order valence-electron chi connectivity index (χ1n) is 6.68. The molecule has 1 N–H and O–H groups in total. The van der Waals surface area contributed by atoms with Crippen LogP contribution in [0.4, 0.5) is 0 Å². The second-order valence-electron chi connectivity index (χ2n) is 4.74. The van der Waals surface area contributed by atoms with Crippen LogP contribution < -0.4 is 10.1 Å². The lowest BCUT2D eigenvalue weighted by Crippen LogP contribution is -2.18. The highest BCUT2D eigenvalue weighted by Gasteiger charge is 2.11. The molecule has 1 atom stereocenters. The summed E-state index contributed by atoms with van der Waals surface area (Å²) < 4.78 is 5.97. The van der Waals surface area contributed by atoms with E-state index >= 15 is 0 Å². The van der Waals surface area contributed by atoms with Crippen LogP contribution in [0, 0.1) is 6.92 Å². The van der Waals surface area contributed by atoms with Crippen LogP contribution in [0.5, 0.6) is 5.75 Å². The summed E-state index contributed by atoms with van der Waals surface area (Å²) in [7, 11) is 0. The third-order valence-corrected chi connectivity index (χ3v) is 3.85. The summed E-state index contributed by atoms with van der Waals surface area (Å²) in [5, 5.41) is 7.65. The molecule has 2 aromatic rings. The van der Waals surface area contributed by atoms with Gasteiger partial charge in [-0.1, -0.05) is 24.6 Å². The van der Waals surface area contributed by atoms with Gasteiger partial charge in [0.1, 0.15) is 12.4 Å². The predicted molar refractivity (Wildman–Crippen MR) is 81.9 cm³/mol. The third-order valence-electron chi connectivity index (χ3n) is 3.12. The van der Waals surface area contributed by atoms with Crippen molar-refractivity contribution in [1.82, 2.24) is 5.32 Å². The normalized spacial score (nSPS) is 12.4. The molecule has 19 heavy (non-hydrogen) atoms. The Morgan fingerprint density at radius 1 is 1.32 bits per heavy atom. The highest BCUT2D eigenvalue weighted by molar-refractivity contribution is 7.07. The molecule has 0 aliphatic rings. The molecule has 0 aliphatic heterocycles. The Kier molecular flexibility index (Phi) is 5.00. The van der Waals surface area contributed by atoms with E-state index in [4.69, 9.17) is 4.74 Å². The molecule has 102 valence electrons. The Bertz CT molecular complexity index is 507. The van der Waals surface area contributed by atoms with Gasteiger partial charge in [-0.05, 0) is 48.8 Å². The molecule has 0 fully saturated rings. The van der Waals surface area contributed by atoms with Crippen molar-refractivity contribution >= 4 is 11.3 Å². The molecule has 0 saturated carbocycles. The van der Waals surface area contributed by atoms with E-state index in [2.05, 4.69) is 61.1 Å². The maximum Gasteiger partial charge on any atom is 0.124 e. The maximum atomic E-state index is 5.97. The van der Waals surface area contributed by atoms with Crippen LogP contribution in [0.1, 0.15) is 36.6 Å². The fourth-order valence-corrected chi connectivity index (χ4v) is 2.74. The maximum absolute atomic E-state index is 5.97. The molecule has 1 unspecified atom stereocenters. The largest absolute Gasteiger partial charge is 0.489 e. The Morgan fingerprint density at radius 3 is 2.84 bits per heavy atom. The second kappa shape index (κ2) is 6.73. The quantitative estimate of drug-likeness (QED) is 0.848. The number of nitrogens with one attached hydrogen (secondary N) is 1. The Labute approximate surface area is 119 Å². The van der Waals surface area contributed by atoms with E-state index in [0.717, 1.165) is 12.3 Å². The number of benzene rings is 1. The summed E-state index contributed by atoms with van der Waals surface area (Å²) in [6, 6.07) is 8.79. The van der Waals surface area contributed by atoms with Crippen molar-refractivity contribution in [3.8, 4) is 5.75 Å². The van der Waals surface area contributed by atoms with E-state index in [0.29, 0.717) is 12.6 Å². The molecule has 0 aliphatic carbocycles. The Hall–Kier alpha value is -1.32. The topological polar surface area (TPSA) is 21.3 Å². The van der Waals surface area contributed by atoms with Gasteiger partial charge in [0.2, 0.25) is 0 Å². The fraction of sp³-hybridized carbons (Fsp3) is 0.375. The van der Waals surface area contributed by atoms with Crippen LogP contribution in [0.2, 0.25) is 0 Å². The van der Waals surface area contributed by atoms with E-state index in [1.807, 2.05) is 0 Å². The van der Waals surface area contributed by atoms with Crippen molar-refractivity contribution in [3.05, 3.63) is 51.7 Å². The van der Waals surface area contributed by atoms with E-state index in [-0.39, 0.29) is 0 Å². The molecule has 0 saturated heterocycles. The van der Waals surface area contributed by atoms with E-state index in [1.165, 1.54) is 16.7 Å². The van der Waals surface area contributed by atoms with Crippen molar-refractivity contribution in [2.75, 3.05) is 6.54 Å². The number of hydrogen-bond acceptors (Lipinski definition) is 3. The van der Waals surface area contributed by atoms with Crippen molar-refractivity contribution in [3.63, 3.8) is 0 Å². The highest BCUT2D eigenvalue weighted by atomic mass is 32.1. The molecular formula is C16H21NOS. The number of thiophene rings is 1. The van der Waals surface area contributed by atoms with Gasteiger partial charge in [0, 0.05) is 11.6 Å². The monoisotopic (exact) mass is 275 g/mol. The summed E-state index contributed by atoms with van der Waals surface area (Å²) in [5.74, 6) is 0.977. The summed E-state index contributed by atoms with van der Waals surface area (Å²) >= 11 is 1.70. The molecule has 0 spiro atoms. The minimum Gasteiger partial charge on any atom is -0.489 e.